The highest BCUT2D eigenvalue weighted by atomic mass is 19.1. The van der Waals surface area contributed by atoms with Crippen LogP contribution in [0.5, 0.6) is 0 Å². The molecule has 0 fully saturated rings. The molecule has 8 heteroatoms. The first-order chi connectivity index (χ1) is 17.9. The van der Waals surface area contributed by atoms with Gasteiger partial charge in [0.05, 0.1) is 18.6 Å². The van der Waals surface area contributed by atoms with Crippen LogP contribution in [-0.2, 0) is 26.2 Å². The van der Waals surface area contributed by atoms with Gasteiger partial charge in [0.25, 0.3) is 5.56 Å². The number of H-pyrrole nitrogens is 1. The van der Waals surface area contributed by atoms with Crippen LogP contribution in [0.25, 0.3) is 10.9 Å². The number of aromatic nitrogens is 5. The van der Waals surface area contributed by atoms with Gasteiger partial charge in [0.2, 0.25) is 0 Å². The van der Waals surface area contributed by atoms with Crippen LogP contribution in [0, 0.1) is 26.6 Å². The highest BCUT2D eigenvalue weighted by Gasteiger charge is 2.17. The number of rotatable bonds is 8. The predicted octanol–water partition coefficient (Wildman–Crippen LogP) is 4.83. The number of fused-ring (bicyclic) bond motifs is 1. The van der Waals surface area contributed by atoms with Crippen molar-refractivity contribution in [1.82, 2.24) is 30.1 Å². The molecule has 0 atom stereocenters. The maximum Gasteiger partial charge on any atom is 0.252 e. The minimum absolute atomic E-state index is 0.0963. The number of pyridine rings is 1. The van der Waals surface area contributed by atoms with Crippen LogP contribution in [0.15, 0.2) is 71.5 Å². The first kappa shape index (κ1) is 24.5. The molecule has 37 heavy (non-hydrogen) atoms. The van der Waals surface area contributed by atoms with Crippen molar-refractivity contribution in [3.05, 3.63) is 122 Å². The van der Waals surface area contributed by atoms with Gasteiger partial charge in [-0.25, -0.2) is 9.07 Å². The van der Waals surface area contributed by atoms with Crippen molar-refractivity contribution in [2.45, 2.75) is 47.0 Å². The standard InChI is InChI=1S/C29H29FN6O/c1-19-4-7-22(8-5-19)15-35(17-25-14-24-11-6-20(2)21(3)28(24)31-29(25)37)18-27-32-33-34-36(27)16-23-9-12-26(30)13-10-23/h4-14H,15-18H2,1-3H3,(H,31,37). The van der Waals surface area contributed by atoms with E-state index >= 15 is 0 Å². The lowest BCUT2D eigenvalue weighted by atomic mass is 10.0. The van der Waals surface area contributed by atoms with Gasteiger partial charge in [-0.05, 0) is 77.0 Å². The summed E-state index contributed by atoms with van der Waals surface area (Å²) in [6, 6.07) is 20.8. The lowest BCUT2D eigenvalue weighted by Gasteiger charge is -2.22. The number of benzene rings is 3. The van der Waals surface area contributed by atoms with E-state index in [9.17, 15) is 9.18 Å². The molecule has 0 aliphatic heterocycles. The van der Waals surface area contributed by atoms with Gasteiger partial charge in [-0.1, -0.05) is 54.1 Å². The molecular formula is C29H29FN6O. The van der Waals surface area contributed by atoms with Crippen molar-refractivity contribution in [2.24, 2.45) is 0 Å². The Hall–Kier alpha value is -4.17. The third-order valence-corrected chi connectivity index (χ3v) is 6.77. The maximum atomic E-state index is 13.3. The highest BCUT2D eigenvalue weighted by Crippen LogP contribution is 2.20. The van der Waals surface area contributed by atoms with E-state index in [1.54, 1.807) is 16.8 Å². The topological polar surface area (TPSA) is 79.7 Å². The number of tetrazole rings is 1. The number of nitrogens with zero attached hydrogens (tertiary/aromatic N) is 5. The summed E-state index contributed by atoms with van der Waals surface area (Å²) in [6.07, 6.45) is 0. The van der Waals surface area contributed by atoms with Crippen molar-refractivity contribution >= 4 is 10.9 Å². The SMILES string of the molecule is Cc1ccc(CN(Cc2cc3ccc(C)c(C)c3[nH]c2=O)Cc2nnnn2Cc2ccc(F)cc2)cc1. The number of nitrogens with one attached hydrogen (secondary N) is 1. The van der Waals surface area contributed by atoms with E-state index in [1.165, 1.54) is 17.7 Å². The number of aromatic amines is 1. The molecule has 5 rings (SSSR count). The molecular weight excluding hydrogens is 467 g/mol. The fourth-order valence-electron chi connectivity index (χ4n) is 4.47. The first-order valence-electron chi connectivity index (χ1n) is 12.3. The Kier molecular flexibility index (Phi) is 6.92. The molecule has 0 radical (unpaired) electrons. The van der Waals surface area contributed by atoms with E-state index < -0.39 is 0 Å². The van der Waals surface area contributed by atoms with Gasteiger partial charge in [-0.2, -0.15) is 0 Å². The fourth-order valence-corrected chi connectivity index (χ4v) is 4.47. The largest absolute Gasteiger partial charge is 0.321 e. The van der Waals surface area contributed by atoms with Crippen molar-refractivity contribution in [2.75, 3.05) is 0 Å². The Morgan fingerprint density at radius 3 is 2.38 bits per heavy atom. The molecule has 3 aromatic carbocycles. The average molecular weight is 497 g/mol. The number of aryl methyl sites for hydroxylation is 3. The molecule has 7 nitrogen and oxygen atoms in total. The van der Waals surface area contributed by atoms with Crippen molar-refractivity contribution in [1.29, 1.82) is 0 Å². The highest BCUT2D eigenvalue weighted by molar-refractivity contribution is 5.83. The van der Waals surface area contributed by atoms with Crippen LogP contribution in [0.2, 0.25) is 0 Å². The Labute approximate surface area is 214 Å². The van der Waals surface area contributed by atoms with Crippen molar-refractivity contribution < 1.29 is 4.39 Å². The van der Waals surface area contributed by atoms with Gasteiger partial charge < -0.3 is 4.98 Å². The van der Waals surface area contributed by atoms with E-state index in [0.717, 1.165) is 33.2 Å². The van der Waals surface area contributed by atoms with Crippen LogP contribution in [0.4, 0.5) is 4.39 Å². The summed E-state index contributed by atoms with van der Waals surface area (Å²) >= 11 is 0. The summed E-state index contributed by atoms with van der Waals surface area (Å²) < 4.78 is 15.1. The molecule has 0 aliphatic rings. The zero-order chi connectivity index (χ0) is 25.9. The van der Waals surface area contributed by atoms with Crippen molar-refractivity contribution in [3.63, 3.8) is 0 Å². The Bertz CT molecular complexity index is 1590. The van der Waals surface area contributed by atoms with Gasteiger partial charge in [0.15, 0.2) is 5.82 Å². The molecule has 0 aliphatic carbocycles. The second kappa shape index (κ2) is 10.4. The molecule has 2 aromatic heterocycles. The molecule has 0 spiro atoms. The lowest BCUT2D eigenvalue weighted by molar-refractivity contribution is 0.236. The van der Waals surface area contributed by atoms with Crippen LogP contribution >= 0.6 is 0 Å². The molecule has 2 heterocycles. The van der Waals surface area contributed by atoms with E-state index in [4.69, 9.17) is 0 Å². The Morgan fingerprint density at radius 2 is 1.62 bits per heavy atom. The normalized spacial score (nSPS) is 11.5. The molecule has 0 saturated carbocycles. The molecule has 188 valence electrons. The second-order valence-corrected chi connectivity index (χ2v) is 9.61. The van der Waals surface area contributed by atoms with E-state index in [0.29, 0.717) is 37.6 Å². The summed E-state index contributed by atoms with van der Waals surface area (Å²) in [5.74, 6) is 0.385. The van der Waals surface area contributed by atoms with Crippen LogP contribution < -0.4 is 5.56 Å². The summed E-state index contributed by atoms with van der Waals surface area (Å²) in [5, 5.41) is 13.3. The van der Waals surface area contributed by atoms with Gasteiger partial charge in [-0.15, -0.1) is 5.10 Å². The van der Waals surface area contributed by atoms with Gasteiger partial charge >= 0.3 is 0 Å². The summed E-state index contributed by atoms with van der Waals surface area (Å²) in [6.45, 7) is 8.04. The smallest absolute Gasteiger partial charge is 0.252 e. The number of hydrogen-bond acceptors (Lipinski definition) is 5. The van der Waals surface area contributed by atoms with Gasteiger partial charge in [0.1, 0.15) is 5.82 Å². The number of halogens is 1. The van der Waals surface area contributed by atoms with Crippen LogP contribution in [-0.4, -0.2) is 30.1 Å². The predicted molar refractivity (Wildman–Crippen MR) is 141 cm³/mol. The molecule has 0 unspecified atom stereocenters. The lowest BCUT2D eigenvalue weighted by Crippen LogP contribution is -2.28. The minimum Gasteiger partial charge on any atom is -0.321 e. The Balaban J connectivity index is 1.45. The third kappa shape index (κ3) is 5.65. The summed E-state index contributed by atoms with van der Waals surface area (Å²) in [7, 11) is 0. The quantitative estimate of drug-likeness (QED) is 0.333. The molecule has 1 N–H and O–H groups in total. The molecule has 5 aromatic rings. The van der Waals surface area contributed by atoms with E-state index in [-0.39, 0.29) is 11.4 Å². The Morgan fingerprint density at radius 1 is 0.892 bits per heavy atom. The molecule has 0 bridgehead atoms. The zero-order valence-electron chi connectivity index (χ0n) is 21.2. The van der Waals surface area contributed by atoms with Gasteiger partial charge in [-0.3, -0.25) is 9.69 Å². The van der Waals surface area contributed by atoms with Crippen LogP contribution in [0.1, 0.15) is 39.2 Å². The average Bonchev–Trinajstić information content (AvgIpc) is 3.31. The summed E-state index contributed by atoms with van der Waals surface area (Å²) in [4.78, 5) is 18.4. The zero-order valence-corrected chi connectivity index (χ0v) is 21.2. The molecule has 0 amide bonds. The number of hydrogen-bond donors (Lipinski definition) is 1. The third-order valence-electron chi connectivity index (χ3n) is 6.77. The monoisotopic (exact) mass is 496 g/mol. The summed E-state index contributed by atoms with van der Waals surface area (Å²) in [5.41, 5.74) is 6.91. The van der Waals surface area contributed by atoms with Crippen LogP contribution in [0.3, 0.4) is 0 Å². The van der Waals surface area contributed by atoms with Crippen molar-refractivity contribution in [3.8, 4) is 0 Å². The maximum absolute atomic E-state index is 13.3. The fraction of sp³-hybridized carbons (Fsp3) is 0.241. The minimum atomic E-state index is -0.282. The van der Waals surface area contributed by atoms with E-state index in [1.807, 2.05) is 26.0 Å². The first-order valence-corrected chi connectivity index (χ1v) is 12.3. The second-order valence-electron chi connectivity index (χ2n) is 9.61. The van der Waals surface area contributed by atoms with Gasteiger partial charge in [0, 0.05) is 18.7 Å². The molecule has 0 saturated heterocycles. The van der Waals surface area contributed by atoms with E-state index in [2.05, 4.69) is 62.7 Å².